The van der Waals surface area contributed by atoms with Crippen molar-refractivity contribution < 1.29 is 9.84 Å². The summed E-state index contributed by atoms with van der Waals surface area (Å²) in [7, 11) is 4.10. The lowest BCUT2D eigenvalue weighted by Gasteiger charge is -2.25. The summed E-state index contributed by atoms with van der Waals surface area (Å²) in [5.74, 6) is 0. The highest BCUT2D eigenvalue weighted by Gasteiger charge is 2.64. The van der Waals surface area contributed by atoms with Crippen LogP contribution in [0.25, 0.3) is 0 Å². The van der Waals surface area contributed by atoms with Gasteiger partial charge in [-0.05, 0) is 20.5 Å². The van der Waals surface area contributed by atoms with Gasteiger partial charge in [0.25, 0.3) is 0 Å². The maximum Gasteiger partial charge on any atom is 0.0678 e. The standard InChI is InChI=1S/C8H15NO2/c1-9(2)6-4-11-7-3-8(6,7)5-10/h6-7,10H,3-5H2,1-2H3. The van der Waals surface area contributed by atoms with E-state index in [2.05, 4.69) is 4.90 Å². The topological polar surface area (TPSA) is 32.7 Å². The lowest BCUT2D eigenvalue weighted by Crippen LogP contribution is -2.39. The predicted molar refractivity (Wildman–Crippen MR) is 41.4 cm³/mol. The summed E-state index contributed by atoms with van der Waals surface area (Å²) < 4.78 is 5.49. The van der Waals surface area contributed by atoms with Crippen LogP contribution in [-0.2, 0) is 4.74 Å². The molecule has 3 heteroatoms. The van der Waals surface area contributed by atoms with Crippen LogP contribution in [0.15, 0.2) is 0 Å². The maximum absolute atomic E-state index is 9.18. The first-order valence-corrected chi connectivity index (χ1v) is 4.09. The Bertz CT molecular complexity index is 167. The molecule has 1 aliphatic carbocycles. The van der Waals surface area contributed by atoms with E-state index in [4.69, 9.17) is 4.74 Å². The highest BCUT2D eigenvalue weighted by molar-refractivity contribution is 5.14. The quantitative estimate of drug-likeness (QED) is 0.597. The van der Waals surface area contributed by atoms with Crippen LogP contribution in [-0.4, -0.2) is 49.5 Å². The molecular weight excluding hydrogens is 142 g/mol. The van der Waals surface area contributed by atoms with Crippen LogP contribution in [0.5, 0.6) is 0 Å². The average molecular weight is 157 g/mol. The zero-order chi connectivity index (χ0) is 8.06. The first-order chi connectivity index (χ1) is 5.20. The largest absolute Gasteiger partial charge is 0.396 e. The predicted octanol–water partition coefficient (Wildman–Crippen LogP) is -0.302. The van der Waals surface area contributed by atoms with E-state index in [1.165, 1.54) is 0 Å². The van der Waals surface area contributed by atoms with Crippen LogP contribution in [0, 0.1) is 5.41 Å². The number of ether oxygens (including phenoxy) is 1. The van der Waals surface area contributed by atoms with Gasteiger partial charge >= 0.3 is 0 Å². The van der Waals surface area contributed by atoms with E-state index in [9.17, 15) is 5.11 Å². The molecule has 1 aliphatic heterocycles. The van der Waals surface area contributed by atoms with Gasteiger partial charge < -0.3 is 14.7 Å². The second kappa shape index (κ2) is 2.19. The molecule has 1 heterocycles. The van der Waals surface area contributed by atoms with Gasteiger partial charge in [-0.25, -0.2) is 0 Å². The fourth-order valence-corrected chi connectivity index (χ4v) is 2.17. The van der Waals surface area contributed by atoms with Crippen LogP contribution in [0.1, 0.15) is 6.42 Å². The molecule has 1 saturated carbocycles. The molecule has 2 rings (SSSR count). The lowest BCUT2D eigenvalue weighted by molar-refractivity contribution is 0.113. The van der Waals surface area contributed by atoms with Gasteiger partial charge in [-0.1, -0.05) is 0 Å². The van der Waals surface area contributed by atoms with Gasteiger partial charge in [0.05, 0.1) is 19.3 Å². The molecule has 1 saturated heterocycles. The minimum atomic E-state index is 0.101. The fourth-order valence-electron chi connectivity index (χ4n) is 2.17. The SMILES string of the molecule is CN(C)C1COC2CC21CO. The average Bonchev–Trinajstić information content (AvgIpc) is 2.58. The summed E-state index contributed by atoms with van der Waals surface area (Å²) in [6.07, 6.45) is 1.40. The zero-order valence-corrected chi connectivity index (χ0v) is 7.08. The van der Waals surface area contributed by atoms with Crippen molar-refractivity contribution in [2.75, 3.05) is 27.3 Å². The summed E-state index contributed by atoms with van der Waals surface area (Å²) in [6.45, 7) is 1.07. The van der Waals surface area contributed by atoms with Gasteiger partial charge in [0.15, 0.2) is 0 Å². The van der Waals surface area contributed by atoms with Crippen LogP contribution in [0.2, 0.25) is 0 Å². The molecule has 3 unspecified atom stereocenters. The van der Waals surface area contributed by atoms with Gasteiger partial charge in [0.2, 0.25) is 0 Å². The van der Waals surface area contributed by atoms with Gasteiger partial charge in [0.1, 0.15) is 0 Å². The molecule has 0 amide bonds. The van der Waals surface area contributed by atoms with Gasteiger partial charge in [-0.3, -0.25) is 0 Å². The van der Waals surface area contributed by atoms with Crippen LogP contribution < -0.4 is 0 Å². The molecule has 2 aliphatic rings. The van der Waals surface area contributed by atoms with E-state index in [0.29, 0.717) is 12.1 Å². The number of hydrogen-bond acceptors (Lipinski definition) is 3. The number of fused-ring (bicyclic) bond motifs is 1. The minimum Gasteiger partial charge on any atom is -0.396 e. The fraction of sp³-hybridized carbons (Fsp3) is 1.00. The molecule has 64 valence electrons. The third kappa shape index (κ3) is 0.849. The molecule has 0 aromatic heterocycles. The second-order valence-corrected chi connectivity index (χ2v) is 3.90. The van der Waals surface area contributed by atoms with E-state index in [-0.39, 0.29) is 12.0 Å². The molecule has 0 bridgehead atoms. The van der Waals surface area contributed by atoms with E-state index in [0.717, 1.165) is 13.0 Å². The van der Waals surface area contributed by atoms with Crippen molar-refractivity contribution in [1.82, 2.24) is 4.90 Å². The third-order valence-corrected chi connectivity index (χ3v) is 3.08. The first kappa shape index (κ1) is 7.53. The van der Waals surface area contributed by atoms with Gasteiger partial charge in [-0.15, -0.1) is 0 Å². The Kier molecular flexibility index (Phi) is 1.50. The summed E-state index contributed by atoms with van der Waals surface area (Å²) >= 11 is 0. The molecule has 0 spiro atoms. The Morgan fingerprint density at radius 1 is 1.64 bits per heavy atom. The van der Waals surface area contributed by atoms with Crippen molar-refractivity contribution in [3.8, 4) is 0 Å². The lowest BCUT2D eigenvalue weighted by atomic mass is 9.98. The highest BCUT2D eigenvalue weighted by Crippen LogP contribution is 2.56. The Hall–Kier alpha value is -0.120. The molecule has 0 aromatic carbocycles. The van der Waals surface area contributed by atoms with Crippen LogP contribution in [0.3, 0.4) is 0 Å². The Morgan fingerprint density at radius 3 is 2.73 bits per heavy atom. The van der Waals surface area contributed by atoms with Gasteiger partial charge in [0, 0.05) is 11.5 Å². The summed E-state index contributed by atoms with van der Waals surface area (Å²) in [6, 6.07) is 0.428. The molecule has 3 atom stereocenters. The van der Waals surface area contributed by atoms with Crippen LogP contribution in [0.4, 0.5) is 0 Å². The summed E-state index contributed by atoms with van der Waals surface area (Å²) in [5, 5.41) is 9.18. The Morgan fingerprint density at radius 2 is 2.36 bits per heavy atom. The van der Waals surface area contributed by atoms with Crippen LogP contribution >= 0.6 is 0 Å². The number of hydrogen-bond donors (Lipinski definition) is 1. The van der Waals surface area contributed by atoms with E-state index < -0.39 is 0 Å². The third-order valence-electron chi connectivity index (χ3n) is 3.08. The van der Waals surface area contributed by atoms with Crippen molar-refractivity contribution in [3.05, 3.63) is 0 Å². The molecule has 11 heavy (non-hydrogen) atoms. The van der Waals surface area contributed by atoms with Crippen molar-refractivity contribution >= 4 is 0 Å². The molecule has 1 N–H and O–H groups in total. The van der Waals surface area contributed by atoms with Crippen molar-refractivity contribution in [1.29, 1.82) is 0 Å². The normalized spacial score (nSPS) is 48.0. The highest BCUT2D eigenvalue weighted by atomic mass is 16.5. The molecular formula is C8H15NO2. The summed E-state index contributed by atoms with van der Waals surface area (Å²) in [5.41, 5.74) is 0.101. The maximum atomic E-state index is 9.18. The number of aliphatic hydroxyl groups is 1. The molecule has 2 fully saturated rings. The van der Waals surface area contributed by atoms with E-state index >= 15 is 0 Å². The summed E-state index contributed by atoms with van der Waals surface area (Å²) in [4.78, 5) is 2.16. The smallest absolute Gasteiger partial charge is 0.0678 e. The molecule has 3 nitrogen and oxygen atoms in total. The van der Waals surface area contributed by atoms with Crippen molar-refractivity contribution in [3.63, 3.8) is 0 Å². The molecule has 0 radical (unpaired) electrons. The Balaban J connectivity index is 2.11. The molecule has 0 aromatic rings. The first-order valence-electron chi connectivity index (χ1n) is 4.09. The number of aliphatic hydroxyl groups excluding tert-OH is 1. The van der Waals surface area contributed by atoms with Crippen molar-refractivity contribution in [2.24, 2.45) is 5.41 Å². The monoisotopic (exact) mass is 157 g/mol. The number of rotatable bonds is 2. The number of likely N-dealkylation sites (N-methyl/N-ethyl adjacent to an activating group) is 1. The van der Waals surface area contributed by atoms with E-state index in [1.54, 1.807) is 0 Å². The number of nitrogens with zero attached hydrogens (tertiary/aromatic N) is 1. The second-order valence-electron chi connectivity index (χ2n) is 3.90. The Labute approximate surface area is 66.9 Å². The minimum absolute atomic E-state index is 0.101. The van der Waals surface area contributed by atoms with E-state index in [1.807, 2.05) is 14.1 Å². The van der Waals surface area contributed by atoms with Gasteiger partial charge in [-0.2, -0.15) is 0 Å². The zero-order valence-electron chi connectivity index (χ0n) is 7.08. The van der Waals surface area contributed by atoms with Crippen molar-refractivity contribution in [2.45, 2.75) is 18.6 Å².